The molecule has 2 rings (SSSR count). The molecule has 0 saturated carbocycles. The van der Waals surface area contributed by atoms with Gasteiger partial charge in [-0.1, -0.05) is 43.3 Å². The zero-order valence-corrected chi connectivity index (χ0v) is 11.9. The molecule has 106 valence electrons. The van der Waals surface area contributed by atoms with E-state index < -0.39 is 0 Å². The number of benzene rings is 2. The van der Waals surface area contributed by atoms with Crippen LogP contribution in [0.3, 0.4) is 0 Å². The molecule has 1 atom stereocenters. The Morgan fingerprint density at radius 2 is 1.80 bits per heavy atom. The normalized spacial score (nSPS) is 11.9. The minimum absolute atomic E-state index is 0.0833. The van der Waals surface area contributed by atoms with Crippen molar-refractivity contribution in [3.63, 3.8) is 0 Å². The number of hydrogen-bond donors (Lipinski definition) is 1. The van der Waals surface area contributed by atoms with Gasteiger partial charge in [0.1, 0.15) is 6.61 Å². The van der Waals surface area contributed by atoms with Gasteiger partial charge in [-0.05, 0) is 23.3 Å². The Bertz CT molecular complexity index is 537. The summed E-state index contributed by atoms with van der Waals surface area (Å²) in [7, 11) is 1.62. The third-order valence-corrected chi connectivity index (χ3v) is 3.27. The third-order valence-electron chi connectivity index (χ3n) is 3.27. The Kier molecular flexibility index (Phi) is 5.02. The Labute approximate surface area is 119 Å². The molecule has 20 heavy (non-hydrogen) atoms. The smallest absolute Gasteiger partial charge is 0.161 e. The fourth-order valence-electron chi connectivity index (χ4n) is 1.95. The highest BCUT2D eigenvalue weighted by Crippen LogP contribution is 2.31. The number of aliphatic hydroxyl groups excluding tert-OH is 1. The predicted octanol–water partition coefficient (Wildman–Crippen LogP) is 3.37. The summed E-state index contributed by atoms with van der Waals surface area (Å²) in [5.74, 6) is 1.49. The maximum Gasteiger partial charge on any atom is 0.161 e. The van der Waals surface area contributed by atoms with Crippen molar-refractivity contribution in [2.24, 2.45) is 0 Å². The monoisotopic (exact) mass is 272 g/mol. The highest BCUT2D eigenvalue weighted by molar-refractivity contribution is 5.44. The van der Waals surface area contributed by atoms with E-state index in [4.69, 9.17) is 9.47 Å². The van der Waals surface area contributed by atoms with Crippen molar-refractivity contribution in [1.29, 1.82) is 0 Å². The van der Waals surface area contributed by atoms with Gasteiger partial charge < -0.3 is 14.6 Å². The average Bonchev–Trinajstić information content (AvgIpc) is 2.52. The SMILES string of the molecule is COc1ccc(C(C)CO)cc1OCc1ccccc1. The van der Waals surface area contributed by atoms with Gasteiger partial charge >= 0.3 is 0 Å². The van der Waals surface area contributed by atoms with Crippen LogP contribution in [0.15, 0.2) is 48.5 Å². The summed E-state index contributed by atoms with van der Waals surface area (Å²) in [6.07, 6.45) is 0. The highest BCUT2D eigenvalue weighted by Gasteiger charge is 2.10. The molecule has 2 aromatic carbocycles. The van der Waals surface area contributed by atoms with E-state index in [0.29, 0.717) is 18.1 Å². The molecule has 0 radical (unpaired) electrons. The Balaban J connectivity index is 2.16. The van der Waals surface area contributed by atoms with Gasteiger partial charge in [0.05, 0.1) is 7.11 Å². The zero-order chi connectivity index (χ0) is 14.4. The summed E-state index contributed by atoms with van der Waals surface area (Å²) < 4.78 is 11.2. The second-order valence-electron chi connectivity index (χ2n) is 4.77. The molecule has 0 heterocycles. The molecule has 1 N–H and O–H groups in total. The van der Waals surface area contributed by atoms with Gasteiger partial charge in [0, 0.05) is 12.5 Å². The zero-order valence-electron chi connectivity index (χ0n) is 11.9. The third kappa shape index (κ3) is 3.52. The summed E-state index contributed by atoms with van der Waals surface area (Å²) in [6, 6.07) is 15.8. The average molecular weight is 272 g/mol. The maximum atomic E-state index is 9.24. The van der Waals surface area contributed by atoms with Crippen molar-refractivity contribution < 1.29 is 14.6 Å². The van der Waals surface area contributed by atoms with E-state index in [9.17, 15) is 5.11 Å². The predicted molar refractivity (Wildman–Crippen MR) is 79.3 cm³/mol. The Morgan fingerprint density at radius 3 is 2.45 bits per heavy atom. The van der Waals surface area contributed by atoms with Crippen LogP contribution in [0.4, 0.5) is 0 Å². The molecule has 0 spiro atoms. The van der Waals surface area contributed by atoms with E-state index >= 15 is 0 Å². The van der Waals surface area contributed by atoms with E-state index in [2.05, 4.69) is 0 Å². The second kappa shape index (κ2) is 6.96. The lowest BCUT2D eigenvalue weighted by molar-refractivity contribution is 0.269. The van der Waals surface area contributed by atoms with E-state index in [-0.39, 0.29) is 12.5 Å². The molecule has 3 nitrogen and oxygen atoms in total. The van der Waals surface area contributed by atoms with Crippen molar-refractivity contribution in [2.45, 2.75) is 19.4 Å². The summed E-state index contributed by atoms with van der Waals surface area (Å²) in [5, 5.41) is 9.24. The molecular weight excluding hydrogens is 252 g/mol. The molecule has 0 aliphatic rings. The molecule has 0 amide bonds. The minimum Gasteiger partial charge on any atom is -0.493 e. The summed E-state index contributed by atoms with van der Waals surface area (Å²) >= 11 is 0. The fraction of sp³-hybridized carbons (Fsp3) is 0.294. The van der Waals surface area contributed by atoms with Crippen LogP contribution >= 0.6 is 0 Å². The van der Waals surface area contributed by atoms with Crippen LogP contribution in [-0.4, -0.2) is 18.8 Å². The van der Waals surface area contributed by atoms with Crippen LogP contribution in [0, 0.1) is 0 Å². The molecule has 2 aromatic rings. The Morgan fingerprint density at radius 1 is 1.05 bits per heavy atom. The van der Waals surface area contributed by atoms with Crippen molar-refractivity contribution in [1.82, 2.24) is 0 Å². The standard InChI is InChI=1S/C17H20O3/c1-13(11-18)15-8-9-16(19-2)17(10-15)20-12-14-6-4-3-5-7-14/h3-10,13,18H,11-12H2,1-2H3. The first-order chi connectivity index (χ1) is 9.74. The summed E-state index contributed by atoms with van der Waals surface area (Å²) in [5.41, 5.74) is 2.14. The van der Waals surface area contributed by atoms with Gasteiger partial charge in [-0.3, -0.25) is 0 Å². The lowest BCUT2D eigenvalue weighted by Gasteiger charge is -2.14. The fourth-order valence-corrected chi connectivity index (χ4v) is 1.95. The van der Waals surface area contributed by atoms with Crippen molar-refractivity contribution in [3.8, 4) is 11.5 Å². The Hall–Kier alpha value is -2.00. The van der Waals surface area contributed by atoms with Crippen LogP contribution in [0.1, 0.15) is 24.0 Å². The largest absolute Gasteiger partial charge is 0.493 e. The van der Waals surface area contributed by atoms with E-state index in [1.165, 1.54) is 0 Å². The van der Waals surface area contributed by atoms with E-state index in [1.54, 1.807) is 7.11 Å². The molecular formula is C17H20O3. The van der Waals surface area contributed by atoms with E-state index in [1.807, 2.05) is 55.5 Å². The second-order valence-corrected chi connectivity index (χ2v) is 4.77. The molecule has 0 bridgehead atoms. The first-order valence-corrected chi connectivity index (χ1v) is 6.70. The van der Waals surface area contributed by atoms with Crippen molar-refractivity contribution in [3.05, 3.63) is 59.7 Å². The molecule has 0 aromatic heterocycles. The summed E-state index contributed by atoms with van der Waals surface area (Å²) in [6.45, 7) is 2.58. The van der Waals surface area contributed by atoms with Crippen LogP contribution in [-0.2, 0) is 6.61 Å². The number of hydrogen-bond acceptors (Lipinski definition) is 3. The van der Waals surface area contributed by atoms with E-state index in [0.717, 1.165) is 11.1 Å². The van der Waals surface area contributed by atoms with Crippen LogP contribution < -0.4 is 9.47 Å². The van der Waals surface area contributed by atoms with Crippen molar-refractivity contribution >= 4 is 0 Å². The van der Waals surface area contributed by atoms with Crippen LogP contribution in [0.25, 0.3) is 0 Å². The first-order valence-electron chi connectivity index (χ1n) is 6.70. The topological polar surface area (TPSA) is 38.7 Å². The lowest BCUT2D eigenvalue weighted by Crippen LogP contribution is -2.02. The molecule has 0 aliphatic heterocycles. The summed E-state index contributed by atoms with van der Waals surface area (Å²) in [4.78, 5) is 0. The van der Waals surface area contributed by atoms with Gasteiger partial charge in [-0.25, -0.2) is 0 Å². The molecule has 3 heteroatoms. The van der Waals surface area contributed by atoms with Gasteiger partial charge in [0.15, 0.2) is 11.5 Å². The maximum absolute atomic E-state index is 9.24. The quantitative estimate of drug-likeness (QED) is 0.876. The number of aliphatic hydroxyl groups is 1. The van der Waals surface area contributed by atoms with Crippen molar-refractivity contribution in [2.75, 3.05) is 13.7 Å². The van der Waals surface area contributed by atoms with Gasteiger partial charge in [0.2, 0.25) is 0 Å². The first kappa shape index (κ1) is 14.4. The van der Waals surface area contributed by atoms with Gasteiger partial charge in [0.25, 0.3) is 0 Å². The molecule has 0 aliphatic carbocycles. The minimum atomic E-state index is 0.0833. The molecule has 1 unspecified atom stereocenters. The molecule has 0 saturated heterocycles. The lowest BCUT2D eigenvalue weighted by atomic mass is 10.0. The number of rotatable bonds is 6. The molecule has 0 fully saturated rings. The van der Waals surface area contributed by atoms with Gasteiger partial charge in [-0.15, -0.1) is 0 Å². The van der Waals surface area contributed by atoms with Crippen LogP contribution in [0.5, 0.6) is 11.5 Å². The number of methoxy groups -OCH3 is 1. The highest BCUT2D eigenvalue weighted by atomic mass is 16.5. The number of ether oxygens (including phenoxy) is 2. The van der Waals surface area contributed by atoms with Gasteiger partial charge in [-0.2, -0.15) is 0 Å². The van der Waals surface area contributed by atoms with Crippen LogP contribution in [0.2, 0.25) is 0 Å².